The van der Waals surface area contributed by atoms with Gasteiger partial charge in [-0.2, -0.15) is 0 Å². The van der Waals surface area contributed by atoms with Crippen LogP contribution in [0.4, 0.5) is 0 Å². The summed E-state index contributed by atoms with van der Waals surface area (Å²) in [5.41, 5.74) is 2.25. The fraction of sp³-hybridized carbons (Fsp3) is 0.455. The highest BCUT2D eigenvalue weighted by Crippen LogP contribution is 2.31. The van der Waals surface area contributed by atoms with Crippen molar-refractivity contribution in [1.29, 1.82) is 0 Å². The number of rotatable bonds is 3. The van der Waals surface area contributed by atoms with Gasteiger partial charge in [-0.05, 0) is 37.0 Å². The Hall–Kier alpha value is -1.18. The molecule has 0 bridgehead atoms. The van der Waals surface area contributed by atoms with Gasteiger partial charge in [0.15, 0.2) is 0 Å². The SMILES string of the molecule is Cc1cnccc1CC(=O)C1CC1. The molecule has 0 aliphatic heterocycles. The molecule has 2 nitrogen and oxygen atoms in total. The molecular weight excluding hydrogens is 162 g/mol. The molecule has 1 aliphatic rings. The Morgan fingerprint density at radius 3 is 3.00 bits per heavy atom. The molecule has 0 radical (unpaired) electrons. The topological polar surface area (TPSA) is 30.0 Å². The van der Waals surface area contributed by atoms with Crippen molar-refractivity contribution in [3.63, 3.8) is 0 Å². The molecule has 0 N–H and O–H groups in total. The number of carbonyl (C=O) groups excluding carboxylic acids is 1. The number of Topliss-reactive ketones (excluding diaryl/α,β-unsaturated/α-hetero) is 1. The second kappa shape index (κ2) is 3.29. The van der Waals surface area contributed by atoms with E-state index in [1.807, 2.05) is 19.2 Å². The van der Waals surface area contributed by atoms with Gasteiger partial charge in [0.1, 0.15) is 5.78 Å². The first-order valence-corrected chi connectivity index (χ1v) is 4.69. The second-order valence-corrected chi connectivity index (χ2v) is 3.72. The van der Waals surface area contributed by atoms with E-state index in [9.17, 15) is 4.79 Å². The van der Waals surface area contributed by atoms with Crippen LogP contribution in [0.2, 0.25) is 0 Å². The van der Waals surface area contributed by atoms with Gasteiger partial charge in [-0.25, -0.2) is 0 Å². The first-order valence-electron chi connectivity index (χ1n) is 4.69. The van der Waals surface area contributed by atoms with E-state index in [4.69, 9.17) is 0 Å². The lowest BCUT2D eigenvalue weighted by atomic mass is 10.0. The van der Waals surface area contributed by atoms with Crippen molar-refractivity contribution in [3.8, 4) is 0 Å². The zero-order valence-corrected chi connectivity index (χ0v) is 7.79. The Morgan fingerprint density at radius 2 is 2.38 bits per heavy atom. The molecule has 0 spiro atoms. The summed E-state index contributed by atoms with van der Waals surface area (Å²) >= 11 is 0. The van der Waals surface area contributed by atoms with Crippen LogP contribution in [-0.2, 0) is 11.2 Å². The average molecular weight is 175 g/mol. The highest BCUT2D eigenvalue weighted by molar-refractivity contribution is 5.85. The summed E-state index contributed by atoms with van der Waals surface area (Å²) in [4.78, 5) is 15.5. The molecule has 0 aromatic carbocycles. The smallest absolute Gasteiger partial charge is 0.140 e. The zero-order chi connectivity index (χ0) is 9.26. The normalized spacial score (nSPS) is 15.8. The van der Waals surface area contributed by atoms with Crippen molar-refractivity contribution < 1.29 is 4.79 Å². The third-order valence-electron chi connectivity index (χ3n) is 2.53. The van der Waals surface area contributed by atoms with Gasteiger partial charge < -0.3 is 0 Å². The lowest BCUT2D eigenvalue weighted by Crippen LogP contribution is -2.05. The molecule has 1 saturated carbocycles. The van der Waals surface area contributed by atoms with Crippen LogP contribution >= 0.6 is 0 Å². The van der Waals surface area contributed by atoms with E-state index in [-0.39, 0.29) is 0 Å². The third kappa shape index (κ3) is 1.94. The van der Waals surface area contributed by atoms with Gasteiger partial charge in [-0.15, -0.1) is 0 Å². The molecule has 1 aliphatic carbocycles. The summed E-state index contributed by atoms with van der Waals surface area (Å²) in [6.45, 7) is 2.00. The monoisotopic (exact) mass is 175 g/mol. The molecule has 2 rings (SSSR count). The van der Waals surface area contributed by atoms with E-state index in [0.29, 0.717) is 18.1 Å². The molecule has 68 valence electrons. The molecule has 1 fully saturated rings. The first kappa shape index (κ1) is 8.42. The summed E-state index contributed by atoms with van der Waals surface area (Å²) < 4.78 is 0. The first-order chi connectivity index (χ1) is 6.27. The highest BCUT2D eigenvalue weighted by Gasteiger charge is 2.29. The number of hydrogen-bond donors (Lipinski definition) is 0. The number of ketones is 1. The number of aryl methyl sites for hydroxylation is 1. The number of aromatic nitrogens is 1. The van der Waals surface area contributed by atoms with E-state index < -0.39 is 0 Å². The summed E-state index contributed by atoms with van der Waals surface area (Å²) in [5.74, 6) is 0.766. The Morgan fingerprint density at radius 1 is 1.62 bits per heavy atom. The number of pyridine rings is 1. The van der Waals surface area contributed by atoms with Crippen molar-refractivity contribution in [1.82, 2.24) is 4.98 Å². The quantitative estimate of drug-likeness (QED) is 0.702. The summed E-state index contributed by atoms with van der Waals surface area (Å²) in [5, 5.41) is 0. The predicted molar refractivity (Wildman–Crippen MR) is 50.4 cm³/mol. The van der Waals surface area contributed by atoms with Gasteiger partial charge in [0.05, 0.1) is 0 Å². The van der Waals surface area contributed by atoms with Gasteiger partial charge >= 0.3 is 0 Å². The maximum atomic E-state index is 11.5. The fourth-order valence-electron chi connectivity index (χ4n) is 1.44. The van der Waals surface area contributed by atoms with Crippen molar-refractivity contribution in [2.45, 2.75) is 26.2 Å². The fourth-order valence-corrected chi connectivity index (χ4v) is 1.44. The van der Waals surface area contributed by atoms with Crippen LogP contribution in [0.15, 0.2) is 18.5 Å². The van der Waals surface area contributed by atoms with Gasteiger partial charge in [0.25, 0.3) is 0 Å². The van der Waals surface area contributed by atoms with Gasteiger partial charge in [0.2, 0.25) is 0 Å². The lowest BCUT2D eigenvalue weighted by Gasteiger charge is -2.02. The van der Waals surface area contributed by atoms with Gasteiger partial charge in [-0.3, -0.25) is 9.78 Å². The minimum atomic E-state index is 0.368. The molecule has 1 heterocycles. The van der Waals surface area contributed by atoms with Crippen LogP contribution in [0.25, 0.3) is 0 Å². The number of nitrogens with zero attached hydrogens (tertiary/aromatic N) is 1. The van der Waals surface area contributed by atoms with Crippen molar-refractivity contribution in [2.24, 2.45) is 5.92 Å². The van der Waals surface area contributed by atoms with Crippen LogP contribution in [0.3, 0.4) is 0 Å². The molecule has 1 aromatic heterocycles. The van der Waals surface area contributed by atoms with E-state index >= 15 is 0 Å². The molecule has 0 unspecified atom stereocenters. The van der Waals surface area contributed by atoms with Gasteiger partial charge in [-0.1, -0.05) is 0 Å². The highest BCUT2D eigenvalue weighted by atomic mass is 16.1. The van der Waals surface area contributed by atoms with Crippen molar-refractivity contribution in [3.05, 3.63) is 29.6 Å². The predicted octanol–water partition coefficient (Wildman–Crippen LogP) is 1.91. The third-order valence-corrected chi connectivity index (χ3v) is 2.53. The number of carbonyl (C=O) groups is 1. The van der Waals surface area contributed by atoms with Crippen molar-refractivity contribution >= 4 is 5.78 Å². The Labute approximate surface area is 78.0 Å². The summed E-state index contributed by atoms with van der Waals surface area (Å²) in [6.07, 6.45) is 6.36. The Kier molecular flexibility index (Phi) is 2.13. The summed E-state index contributed by atoms with van der Waals surface area (Å²) in [7, 11) is 0. The molecular formula is C11H13NO. The van der Waals surface area contributed by atoms with E-state index in [1.165, 1.54) is 0 Å². The minimum absolute atomic E-state index is 0.368. The average Bonchev–Trinajstić information content (AvgIpc) is 2.91. The minimum Gasteiger partial charge on any atom is -0.299 e. The zero-order valence-electron chi connectivity index (χ0n) is 7.79. The van der Waals surface area contributed by atoms with Crippen LogP contribution in [-0.4, -0.2) is 10.8 Å². The van der Waals surface area contributed by atoms with Crippen LogP contribution < -0.4 is 0 Å². The summed E-state index contributed by atoms with van der Waals surface area (Å²) in [6, 6.07) is 1.94. The molecule has 0 atom stereocenters. The Balaban J connectivity index is 2.08. The van der Waals surface area contributed by atoms with E-state index in [2.05, 4.69) is 4.98 Å². The molecule has 0 saturated heterocycles. The van der Waals surface area contributed by atoms with Gasteiger partial charge in [0, 0.05) is 24.7 Å². The molecule has 13 heavy (non-hydrogen) atoms. The van der Waals surface area contributed by atoms with E-state index in [0.717, 1.165) is 24.0 Å². The molecule has 1 aromatic rings. The van der Waals surface area contributed by atoms with E-state index in [1.54, 1.807) is 6.20 Å². The lowest BCUT2D eigenvalue weighted by molar-refractivity contribution is -0.119. The standard InChI is InChI=1S/C11H13NO/c1-8-7-12-5-4-10(8)6-11(13)9-2-3-9/h4-5,7,9H,2-3,6H2,1H3. The largest absolute Gasteiger partial charge is 0.299 e. The molecule has 0 amide bonds. The van der Waals surface area contributed by atoms with Crippen LogP contribution in [0.1, 0.15) is 24.0 Å². The molecule has 2 heteroatoms. The maximum Gasteiger partial charge on any atom is 0.140 e. The van der Waals surface area contributed by atoms with Crippen molar-refractivity contribution in [2.75, 3.05) is 0 Å². The Bertz CT molecular complexity index is 329. The maximum absolute atomic E-state index is 11.5. The van der Waals surface area contributed by atoms with Crippen LogP contribution in [0, 0.1) is 12.8 Å². The number of hydrogen-bond acceptors (Lipinski definition) is 2. The van der Waals surface area contributed by atoms with Crippen LogP contribution in [0.5, 0.6) is 0 Å². The second-order valence-electron chi connectivity index (χ2n) is 3.72.